The van der Waals surface area contributed by atoms with Gasteiger partial charge in [0.15, 0.2) is 0 Å². The summed E-state index contributed by atoms with van der Waals surface area (Å²) in [5, 5.41) is 2.73. The Morgan fingerprint density at radius 1 is 1.45 bits per heavy atom. The Labute approximate surface area is 119 Å². The fourth-order valence-corrected chi connectivity index (χ4v) is 3.74. The van der Waals surface area contributed by atoms with Crippen LogP contribution in [0.4, 0.5) is 5.69 Å². The van der Waals surface area contributed by atoms with E-state index in [4.69, 9.17) is 5.73 Å². The third-order valence-electron chi connectivity index (χ3n) is 3.36. The fourth-order valence-electron chi connectivity index (χ4n) is 2.22. The first kappa shape index (κ1) is 14.8. The van der Waals surface area contributed by atoms with Gasteiger partial charge in [0.1, 0.15) is 0 Å². The van der Waals surface area contributed by atoms with Crippen LogP contribution in [0.2, 0.25) is 0 Å². The van der Waals surface area contributed by atoms with Gasteiger partial charge in [0, 0.05) is 30.9 Å². The molecular formula is C13H19N3O3S. The van der Waals surface area contributed by atoms with E-state index in [1.165, 1.54) is 4.31 Å². The molecule has 1 aromatic rings. The van der Waals surface area contributed by atoms with Crippen molar-refractivity contribution in [2.24, 2.45) is 0 Å². The van der Waals surface area contributed by atoms with E-state index in [-0.39, 0.29) is 11.7 Å². The van der Waals surface area contributed by atoms with Crippen molar-refractivity contribution < 1.29 is 13.2 Å². The summed E-state index contributed by atoms with van der Waals surface area (Å²) in [5.74, 6) is -0.0265. The van der Waals surface area contributed by atoms with Crippen molar-refractivity contribution in [2.75, 3.05) is 31.1 Å². The van der Waals surface area contributed by atoms with Crippen LogP contribution < -0.4 is 11.1 Å². The van der Waals surface area contributed by atoms with Crippen molar-refractivity contribution in [1.29, 1.82) is 0 Å². The molecule has 0 atom stereocenters. The molecule has 3 N–H and O–H groups in total. The molecular weight excluding hydrogens is 278 g/mol. The minimum Gasteiger partial charge on any atom is -0.399 e. The first-order valence-corrected chi connectivity index (χ1v) is 8.13. The maximum absolute atomic E-state index is 12.0. The summed E-state index contributed by atoms with van der Waals surface area (Å²) < 4.78 is 24.6. The number of hydrogen-bond acceptors (Lipinski definition) is 4. The highest BCUT2D eigenvalue weighted by atomic mass is 32.2. The standard InChI is InChI=1S/C13H19N3O3S/c1-10-3-4-11(14)9-12(10)13(17)15-5-7-16-6-2-8-20(16,18)19/h3-4,9H,2,5-8,14H2,1H3,(H,15,17). The average molecular weight is 297 g/mol. The van der Waals surface area contributed by atoms with Crippen molar-refractivity contribution in [3.8, 4) is 0 Å². The molecule has 6 nitrogen and oxygen atoms in total. The number of hydrogen-bond donors (Lipinski definition) is 2. The second-order valence-electron chi connectivity index (χ2n) is 4.90. The van der Waals surface area contributed by atoms with Crippen LogP contribution in [0.5, 0.6) is 0 Å². The van der Waals surface area contributed by atoms with Crippen molar-refractivity contribution in [3.63, 3.8) is 0 Å². The van der Waals surface area contributed by atoms with Crippen LogP contribution in [-0.2, 0) is 10.0 Å². The van der Waals surface area contributed by atoms with Gasteiger partial charge in [0.2, 0.25) is 10.0 Å². The Kier molecular flexibility index (Phi) is 4.29. The Hall–Kier alpha value is -1.60. The zero-order valence-corrected chi connectivity index (χ0v) is 12.2. The average Bonchev–Trinajstić information content (AvgIpc) is 2.71. The minimum atomic E-state index is -3.10. The molecule has 0 radical (unpaired) electrons. The lowest BCUT2D eigenvalue weighted by molar-refractivity contribution is 0.0951. The number of nitrogens with zero attached hydrogens (tertiary/aromatic N) is 1. The molecule has 1 heterocycles. The molecule has 20 heavy (non-hydrogen) atoms. The van der Waals surface area contributed by atoms with Crippen molar-refractivity contribution in [3.05, 3.63) is 29.3 Å². The van der Waals surface area contributed by atoms with E-state index in [0.717, 1.165) is 5.56 Å². The van der Waals surface area contributed by atoms with E-state index in [1.54, 1.807) is 18.2 Å². The predicted molar refractivity (Wildman–Crippen MR) is 77.9 cm³/mol. The Morgan fingerprint density at radius 2 is 2.20 bits per heavy atom. The first-order valence-electron chi connectivity index (χ1n) is 6.52. The first-order chi connectivity index (χ1) is 9.40. The number of nitrogen functional groups attached to an aromatic ring is 1. The molecule has 0 aliphatic carbocycles. The molecule has 1 fully saturated rings. The smallest absolute Gasteiger partial charge is 0.251 e. The molecule has 0 bridgehead atoms. The van der Waals surface area contributed by atoms with Gasteiger partial charge < -0.3 is 11.1 Å². The summed E-state index contributed by atoms with van der Waals surface area (Å²) in [6, 6.07) is 5.15. The van der Waals surface area contributed by atoms with E-state index in [0.29, 0.717) is 37.3 Å². The van der Waals surface area contributed by atoms with Gasteiger partial charge in [-0.25, -0.2) is 12.7 Å². The van der Waals surface area contributed by atoms with E-state index >= 15 is 0 Å². The molecule has 110 valence electrons. The predicted octanol–water partition coefficient (Wildman–Crippen LogP) is 0.343. The van der Waals surface area contributed by atoms with Crippen molar-refractivity contribution >= 4 is 21.6 Å². The highest BCUT2D eigenvalue weighted by molar-refractivity contribution is 7.89. The number of carbonyl (C=O) groups is 1. The molecule has 1 saturated heterocycles. The lowest BCUT2D eigenvalue weighted by atomic mass is 10.1. The van der Waals surface area contributed by atoms with Crippen LogP contribution >= 0.6 is 0 Å². The van der Waals surface area contributed by atoms with Crippen LogP contribution in [0.1, 0.15) is 22.3 Å². The van der Waals surface area contributed by atoms with Crippen molar-refractivity contribution in [2.45, 2.75) is 13.3 Å². The highest BCUT2D eigenvalue weighted by Crippen LogP contribution is 2.13. The molecule has 7 heteroatoms. The van der Waals surface area contributed by atoms with E-state index in [1.807, 2.05) is 6.92 Å². The summed E-state index contributed by atoms with van der Waals surface area (Å²) in [5.41, 5.74) is 7.55. The number of nitrogens with two attached hydrogens (primary N) is 1. The van der Waals surface area contributed by atoms with Gasteiger partial charge in [0.05, 0.1) is 5.75 Å². The second-order valence-corrected chi connectivity index (χ2v) is 6.99. The Bertz CT molecular complexity index is 613. The molecule has 2 rings (SSSR count). The topological polar surface area (TPSA) is 92.5 Å². The number of aryl methyl sites for hydroxylation is 1. The number of sulfonamides is 1. The number of rotatable bonds is 4. The van der Waals surface area contributed by atoms with Crippen molar-refractivity contribution in [1.82, 2.24) is 9.62 Å². The minimum absolute atomic E-state index is 0.204. The van der Waals surface area contributed by atoms with E-state index in [2.05, 4.69) is 5.32 Å². The van der Waals surface area contributed by atoms with Crippen LogP contribution in [-0.4, -0.2) is 44.0 Å². The zero-order chi connectivity index (χ0) is 14.8. The molecule has 1 aliphatic rings. The summed E-state index contributed by atoms with van der Waals surface area (Å²) in [4.78, 5) is 12.0. The molecule has 1 aliphatic heterocycles. The highest BCUT2D eigenvalue weighted by Gasteiger charge is 2.27. The number of amides is 1. The third kappa shape index (κ3) is 3.29. The monoisotopic (exact) mass is 297 g/mol. The molecule has 0 spiro atoms. The van der Waals surface area contributed by atoms with Gasteiger partial charge in [-0.3, -0.25) is 4.79 Å². The number of benzene rings is 1. The van der Waals surface area contributed by atoms with Crippen LogP contribution in [0.15, 0.2) is 18.2 Å². The van der Waals surface area contributed by atoms with Crippen LogP contribution in [0.25, 0.3) is 0 Å². The maximum atomic E-state index is 12.0. The maximum Gasteiger partial charge on any atom is 0.251 e. The largest absolute Gasteiger partial charge is 0.399 e. The lowest BCUT2D eigenvalue weighted by Crippen LogP contribution is -2.36. The summed E-state index contributed by atoms with van der Waals surface area (Å²) in [6.45, 7) is 2.98. The fraction of sp³-hybridized carbons (Fsp3) is 0.462. The molecule has 0 saturated carbocycles. The van der Waals surface area contributed by atoms with Gasteiger partial charge in [-0.2, -0.15) is 0 Å². The van der Waals surface area contributed by atoms with Gasteiger partial charge in [0.25, 0.3) is 5.91 Å². The summed E-state index contributed by atoms with van der Waals surface area (Å²) >= 11 is 0. The number of nitrogens with one attached hydrogen (secondary N) is 1. The van der Waals surface area contributed by atoms with Gasteiger partial charge in [-0.05, 0) is 31.0 Å². The van der Waals surface area contributed by atoms with Gasteiger partial charge in [-0.15, -0.1) is 0 Å². The molecule has 1 amide bonds. The molecule has 1 aromatic carbocycles. The number of anilines is 1. The summed E-state index contributed by atoms with van der Waals surface area (Å²) in [7, 11) is -3.10. The van der Waals surface area contributed by atoms with E-state index in [9.17, 15) is 13.2 Å². The van der Waals surface area contributed by atoms with Crippen LogP contribution in [0, 0.1) is 6.92 Å². The molecule has 0 unspecified atom stereocenters. The Balaban J connectivity index is 1.91. The Morgan fingerprint density at radius 3 is 2.85 bits per heavy atom. The second kappa shape index (κ2) is 5.80. The van der Waals surface area contributed by atoms with Gasteiger partial charge in [-0.1, -0.05) is 6.07 Å². The zero-order valence-electron chi connectivity index (χ0n) is 11.4. The SMILES string of the molecule is Cc1ccc(N)cc1C(=O)NCCN1CCCS1(=O)=O. The number of carbonyl (C=O) groups excluding carboxylic acids is 1. The van der Waals surface area contributed by atoms with E-state index < -0.39 is 10.0 Å². The van der Waals surface area contributed by atoms with Gasteiger partial charge >= 0.3 is 0 Å². The normalized spacial score (nSPS) is 18.1. The summed E-state index contributed by atoms with van der Waals surface area (Å²) in [6.07, 6.45) is 0.657. The lowest BCUT2D eigenvalue weighted by Gasteiger charge is -2.15. The third-order valence-corrected chi connectivity index (χ3v) is 5.31. The van der Waals surface area contributed by atoms with Crippen LogP contribution in [0.3, 0.4) is 0 Å². The quantitative estimate of drug-likeness (QED) is 0.784. The molecule has 0 aromatic heterocycles.